The molecule has 0 atom stereocenters. The second kappa shape index (κ2) is 3.41. The molecular formula is C12H10N4. The lowest BCUT2D eigenvalue weighted by Crippen LogP contribution is -1.87. The molecule has 0 saturated heterocycles. The van der Waals surface area contributed by atoms with Crippen LogP contribution in [0.4, 0.5) is 0 Å². The molecule has 2 heterocycles. The summed E-state index contributed by atoms with van der Waals surface area (Å²) in [6, 6.07) is 12.0. The van der Waals surface area contributed by atoms with E-state index in [2.05, 4.69) is 20.2 Å². The van der Waals surface area contributed by atoms with E-state index in [1.54, 1.807) is 0 Å². The second-order valence-electron chi connectivity index (χ2n) is 3.63. The number of hydrogen-bond donors (Lipinski definition) is 1. The third-order valence-corrected chi connectivity index (χ3v) is 2.42. The van der Waals surface area contributed by atoms with Gasteiger partial charge in [-0.15, -0.1) is 0 Å². The van der Waals surface area contributed by atoms with Gasteiger partial charge in [-0.25, -0.2) is 9.97 Å². The van der Waals surface area contributed by atoms with Gasteiger partial charge in [-0.05, 0) is 19.1 Å². The normalized spacial score (nSPS) is 10.8. The molecule has 0 aliphatic heterocycles. The van der Waals surface area contributed by atoms with Crippen molar-refractivity contribution in [1.29, 1.82) is 0 Å². The molecule has 0 aliphatic rings. The highest BCUT2D eigenvalue weighted by atomic mass is 15.2. The Labute approximate surface area is 92.4 Å². The Morgan fingerprint density at radius 1 is 1.00 bits per heavy atom. The Hall–Kier alpha value is -2.23. The molecule has 0 fully saturated rings. The first-order chi connectivity index (χ1) is 7.83. The summed E-state index contributed by atoms with van der Waals surface area (Å²) in [6.45, 7) is 1.87. The number of aromatic amines is 1. The number of para-hydroxylation sites is 1. The van der Waals surface area contributed by atoms with E-state index in [0.717, 1.165) is 22.4 Å². The molecule has 0 bridgehead atoms. The van der Waals surface area contributed by atoms with Crippen LogP contribution in [0.25, 0.3) is 22.4 Å². The maximum Gasteiger partial charge on any atom is 0.199 e. The van der Waals surface area contributed by atoms with E-state index < -0.39 is 0 Å². The maximum atomic E-state index is 4.51. The Kier molecular flexibility index (Phi) is 1.93. The summed E-state index contributed by atoms with van der Waals surface area (Å²) in [7, 11) is 0. The smallest absolute Gasteiger partial charge is 0.199 e. The number of benzene rings is 1. The third kappa shape index (κ3) is 1.44. The standard InChI is InChI=1S/C12H10N4/c1-8-13-12(16-15-8)11-7-6-9-4-2-3-5-10(9)14-11/h2-7H,1H3,(H,13,15,16). The average molecular weight is 210 g/mol. The molecule has 1 aromatic carbocycles. The van der Waals surface area contributed by atoms with E-state index in [4.69, 9.17) is 0 Å². The largest absolute Gasteiger partial charge is 0.263 e. The van der Waals surface area contributed by atoms with Crippen LogP contribution in [0, 0.1) is 6.92 Å². The van der Waals surface area contributed by atoms with E-state index >= 15 is 0 Å². The SMILES string of the molecule is Cc1nc(-c2ccc3ccccc3n2)n[nH]1. The monoisotopic (exact) mass is 210 g/mol. The minimum absolute atomic E-state index is 0.642. The van der Waals surface area contributed by atoms with E-state index in [1.165, 1.54) is 0 Å². The van der Waals surface area contributed by atoms with Crippen LogP contribution in [0.3, 0.4) is 0 Å². The predicted molar refractivity (Wildman–Crippen MR) is 61.9 cm³/mol. The van der Waals surface area contributed by atoms with Gasteiger partial charge in [-0.2, -0.15) is 5.10 Å². The maximum absolute atomic E-state index is 4.51. The molecule has 3 aromatic rings. The summed E-state index contributed by atoms with van der Waals surface area (Å²) >= 11 is 0. The molecule has 0 radical (unpaired) electrons. The van der Waals surface area contributed by atoms with Crippen molar-refractivity contribution >= 4 is 10.9 Å². The molecular weight excluding hydrogens is 200 g/mol. The van der Waals surface area contributed by atoms with Crippen molar-refractivity contribution in [3.05, 3.63) is 42.2 Å². The van der Waals surface area contributed by atoms with Gasteiger partial charge < -0.3 is 0 Å². The van der Waals surface area contributed by atoms with Gasteiger partial charge in [-0.1, -0.05) is 24.3 Å². The van der Waals surface area contributed by atoms with Crippen LogP contribution >= 0.6 is 0 Å². The van der Waals surface area contributed by atoms with Gasteiger partial charge >= 0.3 is 0 Å². The van der Waals surface area contributed by atoms with Gasteiger partial charge in [-0.3, -0.25) is 5.10 Å². The number of hydrogen-bond acceptors (Lipinski definition) is 3. The molecule has 3 rings (SSSR count). The van der Waals surface area contributed by atoms with E-state index in [1.807, 2.05) is 43.3 Å². The van der Waals surface area contributed by atoms with Gasteiger partial charge in [0.05, 0.1) is 5.52 Å². The fourth-order valence-electron chi connectivity index (χ4n) is 1.65. The summed E-state index contributed by atoms with van der Waals surface area (Å²) in [6.07, 6.45) is 0. The molecule has 0 saturated carbocycles. The summed E-state index contributed by atoms with van der Waals surface area (Å²) in [5, 5.41) is 8.03. The average Bonchev–Trinajstić information content (AvgIpc) is 2.75. The van der Waals surface area contributed by atoms with E-state index in [9.17, 15) is 0 Å². The minimum Gasteiger partial charge on any atom is -0.263 e. The summed E-state index contributed by atoms with van der Waals surface area (Å²) < 4.78 is 0. The molecule has 4 nitrogen and oxygen atoms in total. The Morgan fingerprint density at radius 3 is 2.69 bits per heavy atom. The first-order valence-electron chi connectivity index (χ1n) is 5.08. The van der Waals surface area contributed by atoms with Crippen LogP contribution in [-0.4, -0.2) is 20.2 Å². The predicted octanol–water partition coefficient (Wildman–Crippen LogP) is 2.33. The highest BCUT2D eigenvalue weighted by molar-refractivity contribution is 5.80. The zero-order valence-electron chi connectivity index (χ0n) is 8.81. The van der Waals surface area contributed by atoms with Gasteiger partial charge in [0.1, 0.15) is 11.5 Å². The van der Waals surface area contributed by atoms with E-state index in [0.29, 0.717) is 5.82 Å². The molecule has 78 valence electrons. The first kappa shape index (κ1) is 9.03. The zero-order valence-corrected chi connectivity index (χ0v) is 8.81. The lowest BCUT2D eigenvalue weighted by Gasteiger charge is -1.98. The summed E-state index contributed by atoms with van der Waals surface area (Å²) in [5.74, 6) is 1.44. The minimum atomic E-state index is 0.642. The molecule has 1 N–H and O–H groups in total. The van der Waals surface area contributed by atoms with Crippen molar-refractivity contribution in [3.63, 3.8) is 0 Å². The van der Waals surface area contributed by atoms with Crippen molar-refractivity contribution in [1.82, 2.24) is 20.2 Å². The van der Waals surface area contributed by atoms with E-state index in [-0.39, 0.29) is 0 Å². The second-order valence-corrected chi connectivity index (χ2v) is 3.63. The number of nitrogens with one attached hydrogen (secondary N) is 1. The van der Waals surface area contributed by atoms with Crippen LogP contribution in [0.2, 0.25) is 0 Å². The lowest BCUT2D eigenvalue weighted by atomic mass is 10.2. The molecule has 4 heteroatoms. The first-order valence-corrected chi connectivity index (χ1v) is 5.08. The fourth-order valence-corrected chi connectivity index (χ4v) is 1.65. The van der Waals surface area contributed by atoms with Crippen LogP contribution < -0.4 is 0 Å². The summed E-state index contributed by atoms with van der Waals surface area (Å²) in [4.78, 5) is 8.77. The molecule has 0 spiro atoms. The molecule has 16 heavy (non-hydrogen) atoms. The highest BCUT2D eigenvalue weighted by Crippen LogP contribution is 2.17. The van der Waals surface area contributed by atoms with Crippen molar-refractivity contribution in [2.75, 3.05) is 0 Å². The lowest BCUT2D eigenvalue weighted by molar-refractivity contribution is 1.04. The van der Waals surface area contributed by atoms with Crippen molar-refractivity contribution < 1.29 is 0 Å². The molecule has 2 aromatic heterocycles. The van der Waals surface area contributed by atoms with Crippen LogP contribution in [0.5, 0.6) is 0 Å². The fraction of sp³-hybridized carbons (Fsp3) is 0.0833. The quantitative estimate of drug-likeness (QED) is 0.670. The van der Waals surface area contributed by atoms with Crippen molar-refractivity contribution in [2.24, 2.45) is 0 Å². The van der Waals surface area contributed by atoms with Gasteiger partial charge in [0.25, 0.3) is 0 Å². The van der Waals surface area contributed by atoms with Crippen molar-refractivity contribution in [2.45, 2.75) is 6.92 Å². The topological polar surface area (TPSA) is 54.5 Å². The molecule has 0 unspecified atom stereocenters. The Balaban J connectivity index is 2.18. The number of fused-ring (bicyclic) bond motifs is 1. The van der Waals surface area contributed by atoms with Crippen LogP contribution in [0.15, 0.2) is 36.4 Å². The number of aryl methyl sites for hydroxylation is 1. The van der Waals surface area contributed by atoms with Crippen LogP contribution in [0.1, 0.15) is 5.82 Å². The number of nitrogens with zero attached hydrogens (tertiary/aromatic N) is 3. The third-order valence-electron chi connectivity index (χ3n) is 2.42. The Morgan fingerprint density at radius 2 is 1.88 bits per heavy atom. The number of pyridine rings is 1. The highest BCUT2D eigenvalue weighted by Gasteiger charge is 2.05. The number of aromatic nitrogens is 4. The van der Waals surface area contributed by atoms with Crippen molar-refractivity contribution in [3.8, 4) is 11.5 Å². The number of rotatable bonds is 1. The molecule has 0 amide bonds. The van der Waals surface area contributed by atoms with Gasteiger partial charge in [0.2, 0.25) is 0 Å². The molecule has 0 aliphatic carbocycles. The zero-order chi connectivity index (χ0) is 11.0. The number of H-pyrrole nitrogens is 1. The van der Waals surface area contributed by atoms with Crippen LogP contribution in [-0.2, 0) is 0 Å². The van der Waals surface area contributed by atoms with Gasteiger partial charge in [0.15, 0.2) is 5.82 Å². The van der Waals surface area contributed by atoms with Gasteiger partial charge in [0, 0.05) is 5.39 Å². The Bertz CT molecular complexity index is 642. The summed E-state index contributed by atoms with van der Waals surface area (Å²) in [5.41, 5.74) is 1.76.